The maximum Gasteiger partial charge on any atom is 0.379 e. The number of fused-ring (bicyclic) bond motifs is 1. The number of non-ortho nitro benzene ring substituents is 1. The van der Waals surface area contributed by atoms with Crippen LogP contribution in [0.5, 0.6) is 5.75 Å². The van der Waals surface area contributed by atoms with E-state index in [9.17, 15) is 25.0 Å². The molecule has 0 aliphatic heterocycles. The summed E-state index contributed by atoms with van der Waals surface area (Å²) in [6, 6.07) is 0.716. The number of nitro benzene ring substituents is 1. The number of aromatic nitrogens is 1. The van der Waals surface area contributed by atoms with Crippen molar-refractivity contribution in [1.82, 2.24) is 4.98 Å². The Morgan fingerprint density at radius 3 is 2.59 bits per heavy atom. The summed E-state index contributed by atoms with van der Waals surface area (Å²) >= 11 is 0. The van der Waals surface area contributed by atoms with Crippen molar-refractivity contribution in [3.8, 4) is 5.75 Å². The minimum atomic E-state index is -1.88. The molecule has 0 aliphatic carbocycles. The summed E-state index contributed by atoms with van der Waals surface area (Å²) in [5.74, 6) is -1.29. The molecular weight excluding hydrogens is 298 g/mol. The molecule has 1 aromatic carbocycles. The van der Waals surface area contributed by atoms with Gasteiger partial charge in [0, 0.05) is 17.2 Å². The molecule has 2 rings (SSSR count). The molecule has 0 amide bonds. The second kappa shape index (κ2) is 5.68. The molecule has 2 N–H and O–H groups in total. The maximum absolute atomic E-state index is 11.1. The van der Waals surface area contributed by atoms with Crippen LogP contribution in [0.25, 0.3) is 10.9 Å². The van der Waals surface area contributed by atoms with E-state index in [2.05, 4.69) is 4.98 Å². The standard InChI is InChI=1S/C12H11N3O7/c1-22-9-3-2-7(14(18)19)10-6(5-13-11(9)10)4-8(12(16)17)15(20)21/h2-3,5,8,13H,4H2,1H3,(H,16,17). The molecule has 22 heavy (non-hydrogen) atoms. The van der Waals surface area contributed by atoms with Crippen molar-refractivity contribution in [2.45, 2.75) is 12.5 Å². The topological polar surface area (TPSA) is 149 Å². The first-order valence-electron chi connectivity index (χ1n) is 6.04. The second-order valence-electron chi connectivity index (χ2n) is 4.45. The van der Waals surface area contributed by atoms with Gasteiger partial charge >= 0.3 is 12.0 Å². The highest BCUT2D eigenvalue weighted by molar-refractivity contribution is 5.96. The predicted octanol–water partition coefficient (Wildman–Crippen LogP) is 1.36. The maximum atomic E-state index is 11.1. The second-order valence-corrected chi connectivity index (χ2v) is 4.45. The fourth-order valence-electron chi connectivity index (χ4n) is 2.22. The number of aliphatic carboxylic acids is 1. The molecule has 2 aromatic rings. The van der Waals surface area contributed by atoms with E-state index < -0.39 is 28.3 Å². The zero-order valence-electron chi connectivity index (χ0n) is 11.3. The smallest absolute Gasteiger partial charge is 0.379 e. The summed E-state index contributed by atoms with van der Waals surface area (Å²) in [6.45, 7) is 0. The summed E-state index contributed by atoms with van der Waals surface area (Å²) in [5, 5.41) is 30.9. The lowest BCUT2D eigenvalue weighted by molar-refractivity contribution is -0.509. The molecule has 0 saturated heterocycles. The zero-order valence-corrected chi connectivity index (χ0v) is 11.3. The first kappa shape index (κ1) is 15.2. The van der Waals surface area contributed by atoms with Crippen LogP contribution in [-0.2, 0) is 11.2 Å². The Hall–Kier alpha value is -3.17. The monoisotopic (exact) mass is 309 g/mol. The first-order chi connectivity index (χ1) is 10.4. The number of carboxylic acids is 1. The van der Waals surface area contributed by atoms with Gasteiger partial charge in [0.15, 0.2) is 0 Å². The van der Waals surface area contributed by atoms with Gasteiger partial charge in [-0.25, -0.2) is 4.79 Å². The van der Waals surface area contributed by atoms with Crippen LogP contribution in [0.15, 0.2) is 18.3 Å². The highest BCUT2D eigenvalue weighted by Gasteiger charge is 2.32. The van der Waals surface area contributed by atoms with Gasteiger partial charge in [0.05, 0.1) is 29.4 Å². The lowest BCUT2D eigenvalue weighted by Crippen LogP contribution is -2.31. The third-order valence-electron chi connectivity index (χ3n) is 3.23. The van der Waals surface area contributed by atoms with Crippen molar-refractivity contribution >= 4 is 22.6 Å². The van der Waals surface area contributed by atoms with E-state index in [-0.39, 0.29) is 16.6 Å². The summed E-state index contributed by atoms with van der Waals surface area (Å²) < 4.78 is 5.07. The van der Waals surface area contributed by atoms with Crippen LogP contribution in [-0.4, -0.2) is 39.1 Å². The van der Waals surface area contributed by atoms with E-state index in [0.717, 1.165) is 0 Å². The molecule has 0 radical (unpaired) electrons. The van der Waals surface area contributed by atoms with E-state index in [1.54, 1.807) is 0 Å². The van der Waals surface area contributed by atoms with E-state index >= 15 is 0 Å². The molecule has 10 heteroatoms. The van der Waals surface area contributed by atoms with Gasteiger partial charge < -0.3 is 14.8 Å². The third kappa shape index (κ3) is 2.53. The number of benzene rings is 1. The predicted molar refractivity (Wildman–Crippen MR) is 73.6 cm³/mol. The van der Waals surface area contributed by atoms with Gasteiger partial charge in [-0.05, 0) is 11.6 Å². The van der Waals surface area contributed by atoms with Gasteiger partial charge in [0.2, 0.25) is 0 Å². The highest BCUT2D eigenvalue weighted by atomic mass is 16.6. The molecule has 1 unspecified atom stereocenters. The zero-order chi connectivity index (χ0) is 16.4. The fourth-order valence-corrected chi connectivity index (χ4v) is 2.22. The molecule has 1 heterocycles. The number of nitro groups is 2. The number of hydrogen-bond donors (Lipinski definition) is 2. The number of carbonyl (C=O) groups is 1. The minimum absolute atomic E-state index is 0.109. The number of nitrogens with one attached hydrogen (secondary N) is 1. The SMILES string of the molecule is COc1ccc([N+](=O)[O-])c2c(CC(C(=O)O)[N+](=O)[O-])c[nH]c12. The van der Waals surface area contributed by atoms with Crippen molar-refractivity contribution in [3.63, 3.8) is 0 Å². The van der Waals surface area contributed by atoms with Gasteiger partial charge in [-0.1, -0.05) is 0 Å². The summed E-state index contributed by atoms with van der Waals surface area (Å²) in [5.41, 5.74) is 0.184. The average Bonchev–Trinajstić information content (AvgIpc) is 2.86. The molecule has 116 valence electrons. The molecule has 1 atom stereocenters. The number of nitrogens with zero attached hydrogens (tertiary/aromatic N) is 2. The fraction of sp³-hybridized carbons (Fsp3) is 0.250. The molecule has 0 aliphatic rings. The summed E-state index contributed by atoms with van der Waals surface area (Å²) in [4.78, 5) is 34.0. The summed E-state index contributed by atoms with van der Waals surface area (Å²) in [6.07, 6.45) is 0.843. The quantitative estimate of drug-likeness (QED) is 0.604. The van der Waals surface area contributed by atoms with Crippen LogP contribution in [0, 0.1) is 20.2 Å². The van der Waals surface area contributed by atoms with E-state index in [4.69, 9.17) is 9.84 Å². The number of aromatic amines is 1. The highest BCUT2D eigenvalue weighted by Crippen LogP contribution is 2.35. The van der Waals surface area contributed by atoms with Gasteiger partial charge in [-0.2, -0.15) is 0 Å². The van der Waals surface area contributed by atoms with Gasteiger partial charge in [-0.3, -0.25) is 20.2 Å². The van der Waals surface area contributed by atoms with Crippen LogP contribution in [0.3, 0.4) is 0 Å². The number of H-pyrrole nitrogens is 1. The third-order valence-corrected chi connectivity index (χ3v) is 3.23. The number of ether oxygens (including phenoxy) is 1. The Morgan fingerprint density at radius 1 is 1.41 bits per heavy atom. The van der Waals surface area contributed by atoms with Crippen molar-refractivity contribution in [1.29, 1.82) is 0 Å². The average molecular weight is 309 g/mol. The molecule has 1 aromatic heterocycles. The number of methoxy groups -OCH3 is 1. The van der Waals surface area contributed by atoms with Crippen molar-refractivity contribution < 1.29 is 24.5 Å². The number of carboxylic acid groups (broad SMARTS) is 1. The van der Waals surface area contributed by atoms with Crippen molar-refractivity contribution in [3.05, 3.63) is 44.1 Å². The van der Waals surface area contributed by atoms with Crippen LogP contribution in [0.4, 0.5) is 5.69 Å². The van der Waals surface area contributed by atoms with E-state index in [1.165, 1.54) is 25.4 Å². The molecule has 0 fully saturated rings. The van der Waals surface area contributed by atoms with Crippen molar-refractivity contribution in [2.75, 3.05) is 7.11 Å². The summed E-state index contributed by atoms with van der Waals surface area (Å²) in [7, 11) is 1.37. The molecule has 10 nitrogen and oxygen atoms in total. The number of hydrogen-bond acceptors (Lipinski definition) is 6. The Morgan fingerprint density at radius 2 is 2.09 bits per heavy atom. The minimum Gasteiger partial charge on any atom is -0.495 e. The van der Waals surface area contributed by atoms with E-state index in [1.807, 2.05) is 0 Å². The lowest BCUT2D eigenvalue weighted by Gasteiger charge is -2.05. The molecule has 0 saturated carbocycles. The van der Waals surface area contributed by atoms with Gasteiger partial charge in [0.1, 0.15) is 5.75 Å². The molecule has 0 bridgehead atoms. The lowest BCUT2D eigenvalue weighted by atomic mass is 10.0. The van der Waals surface area contributed by atoms with Gasteiger partial charge in [-0.15, -0.1) is 0 Å². The Bertz CT molecular complexity index is 753. The molecular formula is C12H11N3O7. The first-order valence-corrected chi connectivity index (χ1v) is 6.04. The Labute approximate surface area is 122 Å². The van der Waals surface area contributed by atoms with Crippen LogP contribution < -0.4 is 4.74 Å². The van der Waals surface area contributed by atoms with Crippen LogP contribution in [0.1, 0.15) is 5.56 Å². The van der Waals surface area contributed by atoms with Gasteiger partial charge in [0.25, 0.3) is 5.69 Å². The Kier molecular flexibility index (Phi) is 3.93. The normalized spacial score (nSPS) is 12.0. The molecule has 0 spiro atoms. The Balaban J connectivity index is 2.62. The van der Waals surface area contributed by atoms with E-state index in [0.29, 0.717) is 11.3 Å². The number of rotatable bonds is 6. The van der Waals surface area contributed by atoms with Crippen LogP contribution >= 0.6 is 0 Å². The van der Waals surface area contributed by atoms with Crippen LogP contribution in [0.2, 0.25) is 0 Å². The largest absolute Gasteiger partial charge is 0.495 e. The van der Waals surface area contributed by atoms with Crippen molar-refractivity contribution in [2.24, 2.45) is 0 Å².